The molecule has 31 heavy (non-hydrogen) atoms. The largest absolute Gasteiger partial charge is 0.490 e. The van der Waals surface area contributed by atoms with Gasteiger partial charge in [-0.1, -0.05) is 6.07 Å². The van der Waals surface area contributed by atoms with Crippen molar-refractivity contribution in [2.45, 2.75) is 43.9 Å². The normalized spacial score (nSPS) is 22.9. The van der Waals surface area contributed by atoms with Crippen LogP contribution >= 0.6 is 0 Å². The zero-order chi connectivity index (χ0) is 22.4. The number of carboxylic acid groups (broad SMARTS) is 1. The summed E-state index contributed by atoms with van der Waals surface area (Å²) in [7, 11) is 0. The number of carbonyl (C=O) groups is 2. The first-order valence-electron chi connectivity index (χ1n) is 9.54. The van der Waals surface area contributed by atoms with Crippen molar-refractivity contribution in [3.05, 3.63) is 54.2 Å². The van der Waals surface area contributed by atoms with Gasteiger partial charge in [0, 0.05) is 19.0 Å². The van der Waals surface area contributed by atoms with Crippen molar-refractivity contribution in [1.82, 2.24) is 9.88 Å². The molecule has 2 aromatic rings. The van der Waals surface area contributed by atoms with Crippen molar-refractivity contribution in [3.8, 4) is 0 Å². The molecular formula is C20H21F3N2O6. The fourth-order valence-corrected chi connectivity index (χ4v) is 3.52. The number of carboxylic acids is 1. The van der Waals surface area contributed by atoms with Crippen molar-refractivity contribution < 1.29 is 41.8 Å². The number of fused-ring (bicyclic) bond motifs is 1. The molecule has 2 saturated heterocycles. The van der Waals surface area contributed by atoms with E-state index in [-0.39, 0.29) is 24.2 Å². The number of furan rings is 1. The van der Waals surface area contributed by atoms with Gasteiger partial charge in [-0.25, -0.2) is 4.79 Å². The molecule has 4 rings (SSSR count). The average Bonchev–Trinajstić information content (AvgIpc) is 3.41. The molecule has 1 N–H and O–H groups in total. The van der Waals surface area contributed by atoms with E-state index in [4.69, 9.17) is 23.8 Å². The molecule has 0 bridgehead atoms. The highest BCUT2D eigenvalue weighted by atomic mass is 19.4. The van der Waals surface area contributed by atoms with Gasteiger partial charge in [0.05, 0.1) is 25.5 Å². The van der Waals surface area contributed by atoms with Crippen LogP contribution in [0.15, 0.2) is 47.3 Å². The Bertz CT molecular complexity index is 860. The second-order valence-corrected chi connectivity index (χ2v) is 6.99. The summed E-state index contributed by atoms with van der Waals surface area (Å²) in [6.07, 6.45) is 1.66. The van der Waals surface area contributed by atoms with Crippen LogP contribution in [0.4, 0.5) is 13.2 Å². The Kier molecular flexibility index (Phi) is 7.29. The fraction of sp³-hybridized carbons (Fsp3) is 0.450. The highest BCUT2D eigenvalue weighted by Crippen LogP contribution is 2.32. The highest BCUT2D eigenvalue weighted by Gasteiger charge is 2.47. The van der Waals surface area contributed by atoms with Gasteiger partial charge in [0.2, 0.25) is 0 Å². The van der Waals surface area contributed by atoms with E-state index in [1.54, 1.807) is 24.5 Å². The Morgan fingerprint density at radius 1 is 1.29 bits per heavy atom. The number of aliphatic carboxylic acids is 1. The molecule has 4 heterocycles. The quantitative estimate of drug-likeness (QED) is 0.777. The summed E-state index contributed by atoms with van der Waals surface area (Å²) in [5.41, 5.74) is 1.01. The van der Waals surface area contributed by atoms with E-state index < -0.39 is 12.1 Å². The Balaban J connectivity index is 0.000000339. The van der Waals surface area contributed by atoms with Gasteiger partial charge in [-0.05, 0) is 36.6 Å². The maximum atomic E-state index is 12.7. The highest BCUT2D eigenvalue weighted by molar-refractivity contribution is 5.92. The Morgan fingerprint density at radius 3 is 2.68 bits per heavy atom. The summed E-state index contributed by atoms with van der Waals surface area (Å²) >= 11 is 0. The topological polar surface area (TPSA) is 102 Å². The number of hydrogen-bond donors (Lipinski definition) is 1. The minimum atomic E-state index is -5.08. The molecule has 0 unspecified atom stereocenters. The minimum absolute atomic E-state index is 0.0512. The molecule has 3 atom stereocenters. The monoisotopic (exact) mass is 442 g/mol. The van der Waals surface area contributed by atoms with Crippen LogP contribution in [-0.2, 0) is 20.9 Å². The van der Waals surface area contributed by atoms with Crippen LogP contribution < -0.4 is 0 Å². The van der Waals surface area contributed by atoms with Crippen molar-refractivity contribution in [1.29, 1.82) is 0 Å². The number of hydrogen-bond acceptors (Lipinski definition) is 6. The molecule has 168 valence electrons. The van der Waals surface area contributed by atoms with Crippen LogP contribution in [0, 0.1) is 0 Å². The van der Waals surface area contributed by atoms with Crippen LogP contribution in [0.5, 0.6) is 0 Å². The molecule has 0 saturated carbocycles. The van der Waals surface area contributed by atoms with Gasteiger partial charge in [0.1, 0.15) is 12.2 Å². The Hall–Kier alpha value is -2.92. The lowest BCUT2D eigenvalue weighted by molar-refractivity contribution is -0.192. The molecule has 0 aliphatic carbocycles. The molecule has 11 heteroatoms. The van der Waals surface area contributed by atoms with Crippen LogP contribution in [0.2, 0.25) is 0 Å². The molecule has 0 radical (unpaired) electrons. The molecule has 0 spiro atoms. The summed E-state index contributed by atoms with van der Waals surface area (Å²) in [5, 5.41) is 7.12. The van der Waals surface area contributed by atoms with E-state index >= 15 is 0 Å². The summed E-state index contributed by atoms with van der Waals surface area (Å²) in [6.45, 7) is 1.71. The van der Waals surface area contributed by atoms with Crippen LogP contribution in [0.1, 0.15) is 29.0 Å². The number of carbonyl (C=O) groups excluding carboxylic acids is 1. The van der Waals surface area contributed by atoms with E-state index in [0.717, 1.165) is 25.0 Å². The molecule has 2 aliphatic heterocycles. The molecule has 2 fully saturated rings. The number of aromatic nitrogens is 1. The predicted octanol–water partition coefficient (Wildman–Crippen LogP) is 2.90. The first-order valence-corrected chi connectivity index (χ1v) is 9.54. The maximum Gasteiger partial charge on any atom is 0.490 e. The van der Waals surface area contributed by atoms with E-state index in [9.17, 15) is 18.0 Å². The molecular weight excluding hydrogens is 421 g/mol. The fourth-order valence-electron chi connectivity index (χ4n) is 3.52. The van der Waals surface area contributed by atoms with Crippen molar-refractivity contribution in [2.24, 2.45) is 0 Å². The van der Waals surface area contributed by atoms with Gasteiger partial charge in [0.25, 0.3) is 5.91 Å². The lowest BCUT2D eigenvalue weighted by Crippen LogP contribution is -2.43. The number of pyridine rings is 1. The van der Waals surface area contributed by atoms with Crippen molar-refractivity contribution in [3.63, 3.8) is 0 Å². The number of nitrogens with zero attached hydrogens (tertiary/aromatic N) is 2. The standard InChI is InChI=1S/C18H20N2O4.C2HF3O2/c21-18(15-6-3-8-22-15)20-11-16(17-14(20)5-2-9-23-17)24-12-13-4-1-7-19-10-13;3-2(4,5)1(6)7/h1,3-4,6-8,10,14,16-17H,2,5,9,11-12H2;(H,6,7)/t14-,16-,17+;/m1./s1. The predicted molar refractivity (Wildman–Crippen MR) is 99.0 cm³/mol. The maximum absolute atomic E-state index is 12.7. The summed E-state index contributed by atoms with van der Waals surface area (Å²) in [4.78, 5) is 27.5. The molecule has 2 aromatic heterocycles. The third-order valence-electron chi connectivity index (χ3n) is 4.90. The summed E-state index contributed by atoms with van der Waals surface area (Å²) < 4.78 is 49.0. The Labute approximate surface area is 175 Å². The second kappa shape index (κ2) is 9.92. The van der Waals surface area contributed by atoms with E-state index in [0.29, 0.717) is 18.9 Å². The van der Waals surface area contributed by atoms with Crippen LogP contribution in [-0.4, -0.2) is 64.4 Å². The van der Waals surface area contributed by atoms with Crippen LogP contribution in [0.25, 0.3) is 0 Å². The number of rotatable bonds is 4. The van der Waals surface area contributed by atoms with Gasteiger partial charge in [-0.15, -0.1) is 0 Å². The molecule has 8 nitrogen and oxygen atoms in total. The lowest BCUT2D eigenvalue weighted by atomic mass is 10.0. The lowest BCUT2D eigenvalue weighted by Gasteiger charge is -2.31. The zero-order valence-corrected chi connectivity index (χ0v) is 16.3. The molecule has 1 amide bonds. The van der Waals surface area contributed by atoms with Gasteiger partial charge in [-0.3, -0.25) is 9.78 Å². The third-order valence-corrected chi connectivity index (χ3v) is 4.90. The van der Waals surface area contributed by atoms with Gasteiger partial charge < -0.3 is 23.9 Å². The zero-order valence-electron chi connectivity index (χ0n) is 16.3. The number of halogens is 3. The van der Waals surface area contributed by atoms with Gasteiger partial charge in [-0.2, -0.15) is 13.2 Å². The van der Waals surface area contributed by atoms with Gasteiger partial charge >= 0.3 is 12.1 Å². The SMILES string of the molecule is O=C(O)C(F)(F)F.O=C(c1ccco1)N1C[C@@H](OCc2cccnc2)[C@H]2OCCC[C@H]21. The van der Waals surface area contributed by atoms with Crippen LogP contribution in [0.3, 0.4) is 0 Å². The van der Waals surface area contributed by atoms with E-state index in [1.165, 1.54) is 6.26 Å². The van der Waals surface area contributed by atoms with E-state index in [2.05, 4.69) is 4.98 Å². The first kappa shape index (κ1) is 22.8. The first-order chi connectivity index (χ1) is 14.8. The molecule has 2 aliphatic rings. The summed E-state index contributed by atoms with van der Waals surface area (Å²) in [5.74, 6) is -2.48. The van der Waals surface area contributed by atoms with Crippen molar-refractivity contribution >= 4 is 11.9 Å². The average molecular weight is 442 g/mol. The number of likely N-dealkylation sites (tertiary alicyclic amines) is 1. The number of alkyl halides is 3. The minimum Gasteiger partial charge on any atom is -0.475 e. The Morgan fingerprint density at radius 2 is 2.06 bits per heavy atom. The molecule has 0 aromatic carbocycles. The third kappa shape index (κ3) is 5.82. The van der Waals surface area contributed by atoms with Crippen molar-refractivity contribution in [2.75, 3.05) is 13.2 Å². The summed E-state index contributed by atoms with van der Waals surface area (Å²) in [6, 6.07) is 7.35. The number of amides is 1. The smallest absolute Gasteiger partial charge is 0.475 e. The van der Waals surface area contributed by atoms with E-state index in [1.807, 2.05) is 17.0 Å². The van der Waals surface area contributed by atoms with Gasteiger partial charge in [0.15, 0.2) is 5.76 Å². The second-order valence-electron chi connectivity index (χ2n) is 6.99. The number of ether oxygens (including phenoxy) is 2.